The maximum Gasteiger partial charge on any atom is 0.406 e. The highest BCUT2D eigenvalue weighted by molar-refractivity contribution is 5.92. The summed E-state index contributed by atoms with van der Waals surface area (Å²) < 4.78 is 38.1. The molecule has 0 fully saturated rings. The van der Waals surface area contributed by atoms with Crippen LogP contribution in [0.15, 0.2) is 24.7 Å². The molecule has 1 N–H and O–H groups in total. The molecule has 6 nitrogen and oxygen atoms in total. The number of H-pyrrole nitrogens is 1. The standard InChI is InChI=1S/C11H12F3N5O/c1-18(5-9-15-7-16-17-9)10(20)8-3-2-4-19(8)6-11(12,13)14/h2-4,7H,5-6H2,1H3,(H,15,16,17). The topological polar surface area (TPSA) is 66.8 Å². The van der Waals surface area contributed by atoms with Gasteiger partial charge >= 0.3 is 6.18 Å². The summed E-state index contributed by atoms with van der Waals surface area (Å²) in [5.74, 6) is -0.0644. The van der Waals surface area contributed by atoms with Gasteiger partial charge in [0.25, 0.3) is 5.91 Å². The van der Waals surface area contributed by atoms with Gasteiger partial charge in [0.2, 0.25) is 0 Å². The molecule has 2 aromatic heterocycles. The molecule has 0 saturated carbocycles. The van der Waals surface area contributed by atoms with E-state index in [1.807, 2.05) is 0 Å². The zero-order chi connectivity index (χ0) is 14.8. The molecular formula is C11H12F3N5O. The van der Waals surface area contributed by atoms with Crippen molar-refractivity contribution in [1.82, 2.24) is 24.6 Å². The predicted molar refractivity (Wildman–Crippen MR) is 62.7 cm³/mol. The van der Waals surface area contributed by atoms with E-state index in [0.29, 0.717) is 5.82 Å². The third-order valence-corrected chi connectivity index (χ3v) is 2.60. The van der Waals surface area contributed by atoms with E-state index in [-0.39, 0.29) is 12.2 Å². The molecule has 0 radical (unpaired) electrons. The lowest BCUT2D eigenvalue weighted by Gasteiger charge is -2.17. The van der Waals surface area contributed by atoms with Gasteiger partial charge in [-0.2, -0.15) is 18.3 Å². The fraction of sp³-hybridized carbons (Fsp3) is 0.364. The van der Waals surface area contributed by atoms with E-state index in [9.17, 15) is 18.0 Å². The van der Waals surface area contributed by atoms with Gasteiger partial charge in [0.15, 0.2) is 0 Å². The second kappa shape index (κ2) is 5.35. The quantitative estimate of drug-likeness (QED) is 0.925. The fourth-order valence-corrected chi connectivity index (χ4v) is 1.74. The van der Waals surface area contributed by atoms with Crippen molar-refractivity contribution in [1.29, 1.82) is 0 Å². The van der Waals surface area contributed by atoms with Crippen LogP contribution in [0.3, 0.4) is 0 Å². The molecule has 0 spiro atoms. The molecule has 0 aliphatic carbocycles. The van der Waals surface area contributed by atoms with Crippen molar-refractivity contribution >= 4 is 5.91 Å². The molecular weight excluding hydrogens is 275 g/mol. The number of aromatic nitrogens is 4. The van der Waals surface area contributed by atoms with Crippen molar-refractivity contribution in [2.45, 2.75) is 19.3 Å². The average molecular weight is 287 g/mol. The average Bonchev–Trinajstić information content (AvgIpc) is 2.97. The predicted octanol–water partition coefficient (Wildman–Crippen LogP) is 1.44. The molecule has 0 unspecified atom stereocenters. The number of hydrogen-bond acceptors (Lipinski definition) is 3. The number of rotatable bonds is 4. The SMILES string of the molecule is CN(Cc1ncn[nH]1)C(=O)c1cccn1CC(F)(F)F. The minimum Gasteiger partial charge on any atom is -0.334 e. The highest BCUT2D eigenvalue weighted by Gasteiger charge is 2.30. The number of carbonyl (C=O) groups is 1. The van der Waals surface area contributed by atoms with Gasteiger partial charge in [0, 0.05) is 13.2 Å². The number of amides is 1. The molecule has 0 saturated heterocycles. The highest BCUT2D eigenvalue weighted by atomic mass is 19.4. The van der Waals surface area contributed by atoms with Gasteiger partial charge in [-0.15, -0.1) is 0 Å². The lowest BCUT2D eigenvalue weighted by Crippen LogP contribution is -2.30. The van der Waals surface area contributed by atoms with Gasteiger partial charge in [0.05, 0.1) is 6.54 Å². The first-order valence-electron chi connectivity index (χ1n) is 5.68. The molecule has 0 bridgehead atoms. The van der Waals surface area contributed by atoms with Crippen LogP contribution in [0, 0.1) is 0 Å². The maximum atomic E-state index is 12.4. The smallest absolute Gasteiger partial charge is 0.334 e. The first kappa shape index (κ1) is 14.1. The van der Waals surface area contributed by atoms with E-state index < -0.39 is 18.6 Å². The van der Waals surface area contributed by atoms with Crippen LogP contribution >= 0.6 is 0 Å². The van der Waals surface area contributed by atoms with Crippen molar-refractivity contribution in [2.24, 2.45) is 0 Å². The third kappa shape index (κ3) is 3.37. The number of aromatic amines is 1. The number of alkyl halides is 3. The molecule has 9 heteroatoms. The van der Waals surface area contributed by atoms with E-state index in [0.717, 1.165) is 4.57 Å². The molecule has 0 aliphatic heterocycles. The first-order valence-corrected chi connectivity index (χ1v) is 5.68. The van der Waals surface area contributed by atoms with E-state index in [4.69, 9.17) is 0 Å². The minimum absolute atomic E-state index is 0.0238. The number of nitrogens with zero attached hydrogens (tertiary/aromatic N) is 4. The fourth-order valence-electron chi connectivity index (χ4n) is 1.74. The van der Waals surface area contributed by atoms with Crippen LogP contribution in [-0.2, 0) is 13.1 Å². The van der Waals surface area contributed by atoms with Gasteiger partial charge in [-0.25, -0.2) is 4.98 Å². The zero-order valence-electron chi connectivity index (χ0n) is 10.6. The monoisotopic (exact) mass is 287 g/mol. The van der Waals surface area contributed by atoms with Crippen LogP contribution in [0.1, 0.15) is 16.3 Å². The second-order valence-corrected chi connectivity index (χ2v) is 4.23. The Morgan fingerprint density at radius 1 is 1.50 bits per heavy atom. The maximum absolute atomic E-state index is 12.4. The Balaban J connectivity index is 2.11. The third-order valence-electron chi connectivity index (χ3n) is 2.60. The molecule has 0 aromatic carbocycles. The number of nitrogens with one attached hydrogen (secondary N) is 1. The molecule has 2 heterocycles. The summed E-state index contributed by atoms with van der Waals surface area (Å²) in [6.07, 6.45) is -1.86. The molecule has 2 rings (SSSR count). The molecule has 0 atom stereocenters. The Hall–Kier alpha value is -2.32. The van der Waals surface area contributed by atoms with E-state index in [2.05, 4.69) is 15.2 Å². The molecule has 20 heavy (non-hydrogen) atoms. The summed E-state index contributed by atoms with van der Waals surface area (Å²) >= 11 is 0. The van der Waals surface area contributed by atoms with Crippen molar-refractivity contribution in [2.75, 3.05) is 7.05 Å². The Labute approximate surface area is 112 Å². The van der Waals surface area contributed by atoms with Crippen LogP contribution in [-0.4, -0.2) is 43.8 Å². The molecule has 108 valence electrons. The summed E-state index contributed by atoms with van der Waals surface area (Å²) in [4.78, 5) is 17.2. The highest BCUT2D eigenvalue weighted by Crippen LogP contribution is 2.19. The van der Waals surface area contributed by atoms with Crippen LogP contribution in [0.4, 0.5) is 13.2 Å². The first-order chi connectivity index (χ1) is 9.37. The van der Waals surface area contributed by atoms with E-state index in [1.165, 1.54) is 36.6 Å². The number of halogens is 3. The Kier molecular flexibility index (Phi) is 3.77. The van der Waals surface area contributed by atoms with Gasteiger partial charge in [-0.05, 0) is 12.1 Å². The van der Waals surface area contributed by atoms with Gasteiger partial charge in [-0.3, -0.25) is 9.89 Å². The minimum atomic E-state index is -4.38. The molecule has 2 aromatic rings. The van der Waals surface area contributed by atoms with Gasteiger partial charge in [-0.1, -0.05) is 0 Å². The summed E-state index contributed by atoms with van der Waals surface area (Å²) in [5.41, 5.74) is -0.0238. The molecule has 1 amide bonds. The number of hydrogen-bond donors (Lipinski definition) is 1. The van der Waals surface area contributed by atoms with Gasteiger partial charge in [0.1, 0.15) is 24.4 Å². The van der Waals surface area contributed by atoms with Crippen molar-refractivity contribution < 1.29 is 18.0 Å². The Morgan fingerprint density at radius 3 is 2.85 bits per heavy atom. The van der Waals surface area contributed by atoms with Gasteiger partial charge < -0.3 is 9.47 Å². The Bertz CT molecular complexity index is 575. The van der Waals surface area contributed by atoms with Crippen molar-refractivity contribution in [3.05, 3.63) is 36.2 Å². The summed E-state index contributed by atoms with van der Waals surface area (Å²) in [5, 5.41) is 6.21. The molecule has 0 aliphatic rings. The number of carbonyl (C=O) groups excluding carboxylic acids is 1. The van der Waals surface area contributed by atoms with Crippen LogP contribution in [0.25, 0.3) is 0 Å². The van der Waals surface area contributed by atoms with Crippen LogP contribution in [0.2, 0.25) is 0 Å². The normalized spacial score (nSPS) is 11.6. The van der Waals surface area contributed by atoms with Crippen LogP contribution in [0.5, 0.6) is 0 Å². The lowest BCUT2D eigenvalue weighted by atomic mass is 10.3. The van der Waals surface area contributed by atoms with Crippen molar-refractivity contribution in [3.63, 3.8) is 0 Å². The van der Waals surface area contributed by atoms with E-state index in [1.54, 1.807) is 0 Å². The summed E-state index contributed by atoms with van der Waals surface area (Å²) in [7, 11) is 1.48. The lowest BCUT2D eigenvalue weighted by molar-refractivity contribution is -0.140. The largest absolute Gasteiger partial charge is 0.406 e. The van der Waals surface area contributed by atoms with Crippen LogP contribution < -0.4 is 0 Å². The Morgan fingerprint density at radius 2 is 2.25 bits per heavy atom. The second-order valence-electron chi connectivity index (χ2n) is 4.23. The summed E-state index contributed by atoms with van der Waals surface area (Å²) in [6.45, 7) is -1.06. The summed E-state index contributed by atoms with van der Waals surface area (Å²) in [6, 6.07) is 2.76. The zero-order valence-corrected chi connectivity index (χ0v) is 10.6. The van der Waals surface area contributed by atoms with E-state index >= 15 is 0 Å². The van der Waals surface area contributed by atoms with Crippen molar-refractivity contribution in [3.8, 4) is 0 Å².